The summed E-state index contributed by atoms with van der Waals surface area (Å²) in [4.78, 5) is 20.9. The van der Waals surface area contributed by atoms with Gasteiger partial charge in [-0.05, 0) is 13.1 Å². The number of nitrogens with zero attached hydrogens (tertiary/aromatic N) is 1. The molecule has 2 unspecified atom stereocenters. The van der Waals surface area contributed by atoms with E-state index in [0.717, 1.165) is 0 Å². The summed E-state index contributed by atoms with van der Waals surface area (Å²) >= 11 is 0. The second kappa shape index (κ2) is 4.50. The van der Waals surface area contributed by atoms with Crippen molar-refractivity contribution >= 4 is 21.4 Å². The summed E-state index contributed by atoms with van der Waals surface area (Å²) in [5.41, 5.74) is -1.51. The van der Waals surface area contributed by atoms with Crippen LogP contribution in [0.15, 0.2) is 0 Å². The van der Waals surface area contributed by atoms with Crippen molar-refractivity contribution in [1.82, 2.24) is 5.06 Å². The molecule has 2 N–H and O–H groups in total. The van der Waals surface area contributed by atoms with Crippen LogP contribution >= 0.6 is 9.24 Å². The minimum Gasteiger partial charge on any atom is -0.382 e. The van der Waals surface area contributed by atoms with Crippen LogP contribution in [-0.2, 0) is 9.59 Å². The monoisotopic (exact) mass is 193 g/mol. The predicted molar refractivity (Wildman–Crippen MR) is 44.8 cm³/mol. The van der Waals surface area contributed by atoms with Crippen LogP contribution < -0.4 is 0 Å². The molecule has 2 atom stereocenters. The topological polar surface area (TPSA) is 77.8 Å². The second-order valence-electron chi connectivity index (χ2n) is 2.60. The third-order valence-corrected chi connectivity index (χ3v) is 2.22. The van der Waals surface area contributed by atoms with Gasteiger partial charge in [0.05, 0.1) is 0 Å². The van der Waals surface area contributed by atoms with Gasteiger partial charge in [0.2, 0.25) is 6.41 Å². The Labute approximate surface area is 72.5 Å². The van der Waals surface area contributed by atoms with Gasteiger partial charge < -0.3 is 5.11 Å². The van der Waals surface area contributed by atoms with E-state index in [4.69, 9.17) is 5.21 Å². The fraction of sp³-hybridized carbons (Fsp3) is 0.667. The van der Waals surface area contributed by atoms with E-state index in [-0.39, 0.29) is 17.6 Å². The van der Waals surface area contributed by atoms with E-state index < -0.39 is 17.9 Å². The quantitative estimate of drug-likeness (QED) is 0.255. The Morgan fingerprint density at radius 3 is 2.58 bits per heavy atom. The normalized spacial score (nSPS) is 15.0. The molecule has 5 nitrogen and oxygen atoms in total. The Bertz CT molecular complexity index is 182. The van der Waals surface area contributed by atoms with Crippen molar-refractivity contribution in [3.05, 3.63) is 0 Å². The number of carbonyl (C=O) groups is 2. The molecule has 0 bridgehead atoms. The summed E-state index contributed by atoms with van der Waals surface area (Å²) in [6.07, 6.45) is 0.273. The summed E-state index contributed by atoms with van der Waals surface area (Å²) < 4.78 is 0. The number of rotatable bonds is 5. The molecule has 0 heterocycles. The number of hydrogen-bond donors (Lipinski definition) is 2. The maximum Gasteiger partial charge on any atom is 0.233 e. The van der Waals surface area contributed by atoms with Crippen LogP contribution in [0.25, 0.3) is 0 Å². The molecule has 0 aromatic heterocycles. The van der Waals surface area contributed by atoms with Crippen molar-refractivity contribution < 1.29 is 19.9 Å². The van der Waals surface area contributed by atoms with Crippen LogP contribution in [0.3, 0.4) is 0 Å². The van der Waals surface area contributed by atoms with Gasteiger partial charge in [-0.1, -0.05) is 0 Å². The van der Waals surface area contributed by atoms with Crippen LogP contribution in [0.4, 0.5) is 0 Å². The molecule has 0 aliphatic carbocycles. The molecule has 70 valence electrons. The molecule has 0 aromatic rings. The van der Waals surface area contributed by atoms with Crippen molar-refractivity contribution in [3.63, 3.8) is 0 Å². The fourth-order valence-corrected chi connectivity index (χ4v) is 0.696. The largest absolute Gasteiger partial charge is 0.382 e. The molecule has 6 heteroatoms. The van der Waals surface area contributed by atoms with Crippen LogP contribution in [0, 0.1) is 0 Å². The van der Waals surface area contributed by atoms with Crippen LogP contribution in [0.1, 0.15) is 6.92 Å². The zero-order valence-corrected chi connectivity index (χ0v) is 7.88. The summed E-state index contributed by atoms with van der Waals surface area (Å²) in [6, 6.07) is 0. The van der Waals surface area contributed by atoms with Crippen molar-refractivity contribution in [3.8, 4) is 0 Å². The van der Waals surface area contributed by atoms with Crippen molar-refractivity contribution in [2.45, 2.75) is 12.5 Å². The Morgan fingerprint density at radius 2 is 2.25 bits per heavy atom. The van der Waals surface area contributed by atoms with Gasteiger partial charge in [0.25, 0.3) is 0 Å². The van der Waals surface area contributed by atoms with E-state index in [0.29, 0.717) is 0 Å². The summed E-state index contributed by atoms with van der Waals surface area (Å²) in [7, 11) is 2.21. The lowest BCUT2D eigenvalue weighted by Gasteiger charge is -2.20. The predicted octanol–water partition coefficient (Wildman–Crippen LogP) is -0.971. The summed E-state index contributed by atoms with van der Waals surface area (Å²) in [5, 5.41) is 18.1. The second-order valence-corrected chi connectivity index (χ2v) is 3.01. The van der Waals surface area contributed by atoms with Crippen molar-refractivity contribution in [1.29, 1.82) is 0 Å². The lowest BCUT2D eigenvalue weighted by atomic mass is 10.0. The maximum absolute atomic E-state index is 11.0. The third-order valence-electron chi connectivity index (χ3n) is 1.43. The number of aliphatic hydroxyl groups is 1. The maximum atomic E-state index is 11.0. The highest BCUT2D eigenvalue weighted by molar-refractivity contribution is 7.16. The number of Topliss-reactive ketones (excluding diaryl/α,β-unsaturated/α-hetero) is 1. The van der Waals surface area contributed by atoms with Gasteiger partial charge in [-0.3, -0.25) is 14.8 Å². The van der Waals surface area contributed by atoms with E-state index >= 15 is 0 Å². The first-order chi connectivity index (χ1) is 5.44. The SMILES string of the molecule is CC(O)(CP)C(=O)CN(O)C=O. The van der Waals surface area contributed by atoms with E-state index in [1.807, 2.05) is 0 Å². The number of hydroxylamine groups is 2. The summed E-state index contributed by atoms with van der Waals surface area (Å²) in [5.74, 6) is -0.605. The molecule has 12 heavy (non-hydrogen) atoms. The van der Waals surface area contributed by atoms with Gasteiger partial charge in [-0.15, -0.1) is 9.24 Å². The van der Waals surface area contributed by atoms with Gasteiger partial charge >= 0.3 is 0 Å². The highest BCUT2D eigenvalue weighted by Gasteiger charge is 2.28. The molecule has 0 aliphatic rings. The van der Waals surface area contributed by atoms with Gasteiger partial charge in [0, 0.05) is 0 Å². The smallest absolute Gasteiger partial charge is 0.233 e. The van der Waals surface area contributed by atoms with E-state index in [1.54, 1.807) is 0 Å². The molecule has 0 aliphatic heterocycles. The number of amides is 1. The number of carbonyl (C=O) groups excluding carboxylic acids is 2. The first-order valence-electron chi connectivity index (χ1n) is 3.30. The fourth-order valence-electron chi connectivity index (χ4n) is 0.469. The van der Waals surface area contributed by atoms with Crippen molar-refractivity contribution in [2.75, 3.05) is 12.7 Å². The molecule has 0 spiro atoms. The lowest BCUT2D eigenvalue weighted by molar-refractivity contribution is -0.160. The Hall–Kier alpha value is -0.510. The first kappa shape index (κ1) is 11.5. The molecule has 1 amide bonds. The summed E-state index contributed by atoms with van der Waals surface area (Å²) in [6.45, 7) is 0.825. The molecule has 0 fully saturated rings. The first-order valence-corrected chi connectivity index (χ1v) is 4.12. The number of hydrogen-bond acceptors (Lipinski definition) is 4. The van der Waals surface area contributed by atoms with E-state index in [2.05, 4.69) is 9.24 Å². The molecule has 0 saturated carbocycles. The third kappa shape index (κ3) is 3.26. The van der Waals surface area contributed by atoms with E-state index in [9.17, 15) is 14.7 Å². The zero-order chi connectivity index (χ0) is 9.78. The molecule has 0 radical (unpaired) electrons. The van der Waals surface area contributed by atoms with Gasteiger partial charge in [0.15, 0.2) is 5.78 Å². The van der Waals surface area contributed by atoms with Gasteiger partial charge in [-0.2, -0.15) is 0 Å². The molecular weight excluding hydrogens is 181 g/mol. The Kier molecular flexibility index (Phi) is 4.31. The average Bonchev–Trinajstić information content (AvgIpc) is 2.04. The van der Waals surface area contributed by atoms with Gasteiger partial charge in [-0.25, -0.2) is 5.06 Å². The minimum absolute atomic E-state index is 0.108. The molecule has 0 aromatic carbocycles. The van der Waals surface area contributed by atoms with Crippen LogP contribution in [0.2, 0.25) is 0 Å². The number of ketones is 1. The Morgan fingerprint density at radius 1 is 1.75 bits per heavy atom. The average molecular weight is 193 g/mol. The van der Waals surface area contributed by atoms with Gasteiger partial charge in [0.1, 0.15) is 12.1 Å². The van der Waals surface area contributed by atoms with Crippen LogP contribution in [0.5, 0.6) is 0 Å². The molecule has 0 rings (SSSR count). The standard InChI is InChI=1S/C6H12NO4P/c1-6(10,3-12)5(9)2-7(11)4-8/h4,10-11H,2-3,12H2,1H3. The highest BCUT2D eigenvalue weighted by atomic mass is 31.0. The Balaban J connectivity index is 4.12. The minimum atomic E-state index is -1.51. The molecule has 0 saturated heterocycles. The zero-order valence-electron chi connectivity index (χ0n) is 6.73. The van der Waals surface area contributed by atoms with Crippen LogP contribution in [-0.4, -0.2) is 45.9 Å². The lowest BCUT2D eigenvalue weighted by Crippen LogP contribution is -2.43. The van der Waals surface area contributed by atoms with Crippen molar-refractivity contribution in [2.24, 2.45) is 0 Å². The van der Waals surface area contributed by atoms with E-state index in [1.165, 1.54) is 6.92 Å². The molecular formula is C6H12NO4P. The highest BCUT2D eigenvalue weighted by Crippen LogP contribution is 2.08.